The van der Waals surface area contributed by atoms with Crippen molar-refractivity contribution in [1.82, 2.24) is 0 Å². The quantitative estimate of drug-likeness (QED) is 0.499. The molecular weight excluding hydrogens is 103 g/mol. The summed E-state index contributed by atoms with van der Waals surface area (Å²) in [5.74, 6) is 0.884. The molecule has 0 nitrogen and oxygen atoms in total. The lowest BCUT2D eigenvalue weighted by Crippen LogP contribution is -1.77. The molecule has 0 aromatic rings. The van der Waals surface area contributed by atoms with Crippen LogP contribution in [0.1, 0.15) is 34.1 Å². The highest BCUT2D eigenvalue weighted by atomic mass is 19.1. The minimum atomic E-state index is -0.250. The van der Waals surface area contributed by atoms with Crippen LogP contribution in [-0.2, 0) is 0 Å². The molecule has 0 amide bonds. The summed E-state index contributed by atoms with van der Waals surface area (Å²) < 4.78 is 10.3. The van der Waals surface area contributed by atoms with E-state index in [4.69, 9.17) is 0 Å². The highest BCUT2D eigenvalue weighted by Crippen LogP contribution is 1.93. The lowest BCUT2D eigenvalue weighted by atomic mass is 10.2. The van der Waals surface area contributed by atoms with Crippen molar-refractivity contribution in [3.8, 4) is 0 Å². The Morgan fingerprint density at radius 2 is 1.38 bits per heavy atom. The molecule has 0 rings (SSSR count). The van der Waals surface area contributed by atoms with Gasteiger partial charge in [0.1, 0.15) is 0 Å². The first kappa shape index (κ1) is 10.8. The normalized spacial score (nSPS) is 8.25. The fourth-order valence-electron chi connectivity index (χ4n) is 0. The van der Waals surface area contributed by atoms with Crippen LogP contribution in [0.15, 0.2) is 0 Å². The fourth-order valence-corrected chi connectivity index (χ4v) is 0. The number of alkyl halides is 1. The maximum Gasteiger partial charge on any atom is 0.0866 e. The van der Waals surface area contributed by atoms with Crippen molar-refractivity contribution in [3.05, 3.63) is 0 Å². The summed E-state index contributed by atoms with van der Waals surface area (Å²) in [7, 11) is 0. The van der Waals surface area contributed by atoms with Gasteiger partial charge in [0.05, 0.1) is 6.67 Å². The van der Waals surface area contributed by atoms with E-state index in [0.29, 0.717) is 0 Å². The van der Waals surface area contributed by atoms with Gasteiger partial charge < -0.3 is 0 Å². The highest BCUT2D eigenvalue weighted by Gasteiger charge is 1.80. The zero-order chi connectivity index (χ0) is 6.99. The molecule has 0 aliphatic carbocycles. The summed E-state index contributed by atoms with van der Waals surface area (Å²) in [6.45, 7) is 7.85. The third kappa shape index (κ3) is 38.7. The molecule has 8 heavy (non-hydrogen) atoms. The van der Waals surface area contributed by atoms with E-state index in [1.807, 2.05) is 0 Å². The van der Waals surface area contributed by atoms with E-state index in [1.54, 1.807) is 0 Å². The van der Waals surface area contributed by atoms with Crippen LogP contribution in [0.3, 0.4) is 0 Å². The van der Waals surface area contributed by atoms with Crippen LogP contribution in [0.25, 0.3) is 0 Å². The van der Waals surface area contributed by atoms with Crippen molar-refractivity contribution in [1.29, 1.82) is 0 Å². The zero-order valence-electron chi connectivity index (χ0n) is 6.37. The van der Waals surface area contributed by atoms with Crippen LogP contribution in [0, 0.1) is 5.92 Å². The second kappa shape index (κ2) is 10.0. The van der Waals surface area contributed by atoms with Gasteiger partial charge in [0.2, 0.25) is 0 Å². The van der Waals surface area contributed by atoms with Gasteiger partial charge in [-0.1, -0.05) is 27.2 Å². The Labute approximate surface area is 52.1 Å². The van der Waals surface area contributed by atoms with Gasteiger partial charge in [-0.2, -0.15) is 0 Å². The summed E-state index contributed by atoms with van der Waals surface area (Å²) >= 11 is 0. The van der Waals surface area contributed by atoms with Crippen molar-refractivity contribution in [2.75, 3.05) is 6.67 Å². The van der Waals surface area contributed by atoms with E-state index in [1.165, 1.54) is 13.3 Å². The maximum absolute atomic E-state index is 10.3. The molecule has 0 saturated carbocycles. The van der Waals surface area contributed by atoms with Crippen molar-refractivity contribution >= 4 is 0 Å². The Balaban J connectivity index is 0. The van der Waals surface area contributed by atoms with Crippen molar-refractivity contribution in [2.45, 2.75) is 34.1 Å². The summed E-state index contributed by atoms with van der Waals surface area (Å²) in [6.07, 6.45) is 1.31. The van der Waals surface area contributed by atoms with Gasteiger partial charge in [0, 0.05) is 0 Å². The molecule has 0 N–H and O–H groups in total. The molecule has 0 aliphatic rings. The lowest BCUT2D eigenvalue weighted by Gasteiger charge is -1.90. The first-order chi connectivity index (χ1) is 3.68. The van der Waals surface area contributed by atoms with Crippen LogP contribution in [0.5, 0.6) is 0 Å². The van der Waals surface area contributed by atoms with E-state index in [0.717, 1.165) is 5.92 Å². The number of hydrogen-bond acceptors (Lipinski definition) is 0. The predicted molar refractivity (Wildman–Crippen MR) is 36.8 cm³/mol. The summed E-state index contributed by atoms with van der Waals surface area (Å²) in [6, 6.07) is 0. The van der Waals surface area contributed by atoms with Gasteiger partial charge in [-0.3, -0.25) is 4.39 Å². The standard InChI is InChI=1S/C5H12.C2H5F/c1-4-5(2)3;1-2-3/h5H,4H2,1-3H3;2H2,1H3. The minimum Gasteiger partial charge on any atom is -0.251 e. The van der Waals surface area contributed by atoms with E-state index in [2.05, 4.69) is 20.8 Å². The van der Waals surface area contributed by atoms with Crippen LogP contribution < -0.4 is 0 Å². The Bertz CT molecular complexity index is 25.6. The fraction of sp³-hybridized carbons (Fsp3) is 1.00. The van der Waals surface area contributed by atoms with E-state index in [9.17, 15) is 4.39 Å². The van der Waals surface area contributed by atoms with E-state index < -0.39 is 0 Å². The second-order valence-corrected chi connectivity index (χ2v) is 2.07. The molecule has 0 heterocycles. The number of halogens is 1. The van der Waals surface area contributed by atoms with Gasteiger partial charge >= 0.3 is 0 Å². The molecule has 52 valence electrons. The van der Waals surface area contributed by atoms with Gasteiger partial charge in [0.25, 0.3) is 0 Å². The van der Waals surface area contributed by atoms with Crippen LogP contribution in [0.2, 0.25) is 0 Å². The number of rotatable bonds is 1. The van der Waals surface area contributed by atoms with Crippen molar-refractivity contribution in [3.63, 3.8) is 0 Å². The van der Waals surface area contributed by atoms with Gasteiger partial charge in [-0.25, -0.2) is 0 Å². The largest absolute Gasteiger partial charge is 0.251 e. The third-order valence-corrected chi connectivity index (χ3v) is 0.816. The van der Waals surface area contributed by atoms with Gasteiger partial charge in [0.15, 0.2) is 0 Å². The molecule has 0 bridgehead atoms. The van der Waals surface area contributed by atoms with E-state index in [-0.39, 0.29) is 6.67 Å². The summed E-state index contributed by atoms with van der Waals surface area (Å²) in [5, 5.41) is 0. The molecule has 0 atom stereocenters. The van der Waals surface area contributed by atoms with Gasteiger partial charge in [-0.05, 0) is 12.8 Å². The lowest BCUT2D eigenvalue weighted by molar-refractivity contribution is 0.527. The molecule has 0 saturated heterocycles. The Kier molecular flexibility index (Phi) is 13.6. The van der Waals surface area contributed by atoms with Crippen molar-refractivity contribution in [2.24, 2.45) is 5.92 Å². The molecule has 0 aromatic carbocycles. The summed E-state index contributed by atoms with van der Waals surface area (Å²) in [4.78, 5) is 0. The molecule has 0 aliphatic heterocycles. The van der Waals surface area contributed by atoms with Crippen LogP contribution in [-0.4, -0.2) is 6.67 Å². The van der Waals surface area contributed by atoms with E-state index >= 15 is 0 Å². The second-order valence-electron chi connectivity index (χ2n) is 2.07. The smallest absolute Gasteiger partial charge is 0.0866 e. The molecule has 0 aromatic heterocycles. The third-order valence-electron chi connectivity index (χ3n) is 0.816. The Morgan fingerprint density at radius 1 is 1.25 bits per heavy atom. The monoisotopic (exact) mass is 120 g/mol. The molecule has 1 heteroatoms. The minimum absolute atomic E-state index is 0.250. The highest BCUT2D eigenvalue weighted by molar-refractivity contribution is 4.32. The Hall–Kier alpha value is -0.0700. The van der Waals surface area contributed by atoms with Crippen LogP contribution in [0.4, 0.5) is 4.39 Å². The SMILES string of the molecule is CCC(C)C.CCF. The summed E-state index contributed by atoms with van der Waals surface area (Å²) in [5.41, 5.74) is 0. The van der Waals surface area contributed by atoms with Crippen molar-refractivity contribution < 1.29 is 4.39 Å². The molecule has 0 unspecified atom stereocenters. The van der Waals surface area contributed by atoms with Crippen LogP contribution >= 0.6 is 0 Å². The Morgan fingerprint density at radius 3 is 1.38 bits per heavy atom. The topological polar surface area (TPSA) is 0 Å². The molecule has 0 fully saturated rings. The molecule has 0 radical (unpaired) electrons. The zero-order valence-corrected chi connectivity index (χ0v) is 6.37. The van der Waals surface area contributed by atoms with Gasteiger partial charge in [-0.15, -0.1) is 0 Å². The first-order valence-corrected chi connectivity index (χ1v) is 3.24. The first-order valence-electron chi connectivity index (χ1n) is 3.24. The average molecular weight is 120 g/mol. The molecule has 0 spiro atoms. The average Bonchev–Trinajstić information content (AvgIpc) is 1.69. The predicted octanol–water partition coefficient (Wildman–Crippen LogP) is 3.03. The molecular formula is C7H17F. The maximum atomic E-state index is 10.3. The number of hydrogen-bond donors (Lipinski definition) is 0.